The number of hydrogen-bond donors (Lipinski definition) is 1. The zero-order valence-electron chi connectivity index (χ0n) is 10.9. The van der Waals surface area contributed by atoms with E-state index in [1.54, 1.807) is 31.6 Å². The fourth-order valence-electron chi connectivity index (χ4n) is 1.88. The lowest BCUT2D eigenvalue weighted by molar-refractivity contribution is 0.415. The van der Waals surface area contributed by atoms with Gasteiger partial charge in [-0.05, 0) is 18.2 Å². The van der Waals surface area contributed by atoms with Crippen molar-refractivity contribution in [2.45, 2.75) is 0 Å². The molecule has 2 N–H and O–H groups in total. The second kappa shape index (κ2) is 5.00. The van der Waals surface area contributed by atoms with Gasteiger partial charge in [0.25, 0.3) is 5.95 Å². The van der Waals surface area contributed by atoms with Crippen LogP contribution in [0.15, 0.2) is 48.8 Å². The average molecular weight is 267 g/mol. The highest BCUT2D eigenvalue weighted by molar-refractivity contribution is 5.64. The SMILES string of the molecule is COc1cccc(-c2cc(N)n(-c3ncccn3)n2)c1. The summed E-state index contributed by atoms with van der Waals surface area (Å²) >= 11 is 0. The Hall–Kier alpha value is -2.89. The Morgan fingerprint density at radius 1 is 1.10 bits per heavy atom. The van der Waals surface area contributed by atoms with Crippen LogP contribution in [0.3, 0.4) is 0 Å². The number of anilines is 1. The predicted octanol–water partition coefficient (Wildman–Crippen LogP) is 1.92. The van der Waals surface area contributed by atoms with Gasteiger partial charge >= 0.3 is 0 Å². The third kappa shape index (κ3) is 2.18. The van der Waals surface area contributed by atoms with Crippen molar-refractivity contribution >= 4 is 5.82 Å². The summed E-state index contributed by atoms with van der Waals surface area (Å²) in [7, 11) is 1.63. The van der Waals surface area contributed by atoms with E-state index < -0.39 is 0 Å². The lowest BCUT2D eigenvalue weighted by Gasteiger charge is -2.02. The second-order valence-corrected chi connectivity index (χ2v) is 4.15. The molecule has 0 spiro atoms. The highest BCUT2D eigenvalue weighted by Crippen LogP contribution is 2.25. The number of nitrogen functional groups attached to an aromatic ring is 1. The largest absolute Gasteiger partial charge is 0.497 e. The van der Waals surface area contributed by atoms with E-state index in [1.165, 1.54) is 4.68 Å². The van der Waals surface area contributed by atoms with Crippen molar-refractivity contribution in [3.8, 4) is 23.0 Å². The third-order valence-corrected chi connectivity index (χ3v) is 2.84. The molecule has 0 atom stereocenters. The van der Waals surface area contributed by atoms with Gasteiger partial charge in [-0.1, -0.05) is 12.1 Å². The van der Waals surface area contributed by atoms with E-state index in [0.717, 1.165) is 17.0 Å². The van der Waals surface area contributed by atoms with Crippen molar-refractivity contribution in [1.82, 2.24) is 19.7 Å². The lowest BCUT2D eigenvalue weighted by atomic mass is 10.1. The van der Waals surface area contributed by atoms with Gasteiger partial charge in [-0.3, -0.25) is 0 Å². The Labute approximate surface area is 115 Å². The first-order chi connectivity index (χ1) is 9.78. The van der Waals surface area contributed by atoms with Crippen LogP contribution in [0.5, 0.6) is 5.75 Å². The van der Waals surface area contributed by atoms with Crippen LogP contribution in [0.4, 0.5) is 5.82 Å². The second-order valence-electron chi connectivity index (χ2n) is 4.15. The number of rotatable bonds is 3. The van der Waals surface area contributed by atoms with E-state index in [2.05, 4.69) is 15.1 Å². The van der Waals surface area contributed by atoms with Crippen LogP contribution >= 0.6 is 0 Å². The smallest absolute Gasteiger partial charge is 0.252 e. The molecule has 0 aliphatic rings. The van der Waals surface area contributed by atoms with Crippen LogP contribution in [0.2, 0.25) is 0 Å². The number of ether oxygens (including phenoxy) is 1. The molecule has 20 heavy (non-hydrogen) atoms. The molecule has 1 aromatic carbocycles. The zero-order chi connectivity index (χ0) is 13.9. The molecule has 0 fully saturated rings. The van der Waals surface area contributed by atoms with Gasteiger partial charge in [0, 0.05) is 24.0 Å². The van der Waals surface area contributed by atoms with Crippen molar-refractivity contribution < 1.29 is 4.74 Å². The molecule has 3 rings (SSSR count). The van der Waals surface area contributed by atoms with Crippen LogP contribution in [-0.2, 0) is 0 Å². The van der Waals surface area contributed by atoms with Crippen molar-refractivity contribution in [2.24, 2.45) is 0 Å². The highest BCUT2D eigenvalue weighted by atomic mass is 16.5. The van der Waals surface area contributed by atoms with Gasteiger partial charge in [0.05, 0.1) is 12.8 Å². The monoisotopic (exact) mass is 267 g/mol. The molecule has 0 aliphatic carbocycles. The van der Waals surface area contributed by atoms with Gasteiger partial charge < -0.3 is 10.5 Å². The van der Waals surface area contributed by atoms with Crippen molar-refractivity contribution in [3.05, 3.63) is 48.8 Å². The highest BCUT2D eigenvalue weighted by Gasteiger charge is 2.10. The fourth-order valence-corrected chi connectivity index (χ4v) is 1.88. The molecule has 2 heterocycles. The maximum Gasteiger partial charge on any atom is 0.252 e. The Balaban J connectivity index is 2.04. The van der Waals surface area contributed by atoms with Crippen LogP contribution in [0.1, 0.15) is 0 Å². The normalized spacial score (nSPS) is 10.4. The number of hydrogen-bond acceptors (Lipinski definition) is 5. The van der Waals surface area contributed by atoms with Crippen molar-refractivity contribution in [2.75, 3.05) is 12.8 Å². The minimum Gasteiger partial charge on any atom is -0.497 e. The maximum absolute atomic E-state index is 5.97. The molecular formula is C14H13N5O. The van der Waals surface area contributed by atoms with Crippen molar-refractivity contribution in [1.29, 1.82) is 0 Å². The van der Waals surface area contributed by atoms with Crippen LogP contribution in [0.25, 0.3) is 17.2 Å². The standard InChI is InChI=1S/C14H13N5O/c1-20-11-5-2-4-10(8-11)12-9-13(15)19(18-12)14-16-6-3-7-17-14/h2-9H,15H2,1H3. The first kappa shape index (κ1) is 12.2. The molecule has 0 bridgehead atoms. The number of benzene rings is 1. The van der Waals surface area contributed by atoms with Gasteiger partial charge in [-0.2, -0.15) is 9.78 Å². The van der Waals surface area contributed by atoms with Crippen LogP contribution < -0.4 is 10.5 Å². The third-order valence-electron chi connectivity index (χ3n) is 2.84. The topological polar surface area (TPSA) is 78.9 Å². The zero-order valence-corrected chi connectivity index (χ0v) is 10.9. The Morgan fingerprint density at radius 2 is 1.90 bits per heavy atom. The molecule has 6 heteroatoms. The minimum atomic E-state index is 0.444. The van der Waals surface area contributed by atoms with Crippen LogP contribution in [0, 0.1) is 0 Å². The summed E-state index contributed by atoms with van der Waals surface area (Å²) in [5.41, 5.74) is 7.64. The summed E-state index contributed by atoms with van der Waals surface area (Å²) < 4.78 is 6.72. The molecule has 0 saturated heterocycles. The summed E-state index contributed by atoms with van der Waals surface area (Å²) in [6.07, 6.45) is 3.29. The number of aromatic nitrogens is 4. The molecule has 0 radical (unpaired) electrons. The summed E-state index contributed by atoms with van der Waals surface area (Å²) in [5, 5.41) is 4.44. The lowest BCUT2D eigenvalue weighted by Crippen LogP contribution is -2.05. The summed E-state index contributed by atoms with van der Waals surface area (Å²) in [5.74, 6) is 1.69. The first-order valence-corrected chi connectivity index (χ1v) is 6.05. The molecule has 2 aromatic heterocycles. The molecule has 0 amide bonds. The molecule has 100 valence electrons. The number of nitrogens with two attached hydrogens (primary N) is 1. The Kier molecular flexibility index (Phi) is 3.04. The quantitative estimate of drug-likeness (QED) is 0.784. The molecule has 0 unspecified atom stereocenters. The Bertz CT molecular complexity index is 723. The first-order valence-electron chi connectivity index (χ1n) is 6.05. The van der Waals surface area contributed by atoms with E-state index >= 15 is 0 Å². The van der Waals surface area contributed by atoms with E-state index in [-0.39, 0.29) is 0 Å². The number of nitrogens with zero attached hydrogens (tertiary/aromatic N) is 4. The Morgan fingerprint density at radius 3 is 2.65 bits per heavy atom. The van der Waals surface area contributed by atoms with Gasteiger partial charge in [0.15, 0.2) is 0 Å². The van der Waals surface area contributed by atoms with E-state index in [4.69, 9.17) is 10.5 Å². The summed E-state index contributed by atoms with van der Waals surface area (Å²) in [6.45, 7) is 0. The predicted molar refractivity (Wildman–Crippen MR) is 75.6 cm³/mol. The van der Waals surface area contributed by atoms with E-state index in [1.807, 2.05) is 24.3 Å². The number of methoxy groups -OCH3 is 1. The van der Waals surface area contributed by atoms with E-state index in [9.17, 15) is 0 Å². The maximum atomic E-state index is 5.97. The van der Waals surface area contributed by atoms with Crippen LogP contribution in [-0.4, -0.2) is 26.9 Å². The molecule has 3 aromatic rings. The molecule has 0 saturated carbocycles. The fraction of sp³-hybridized carbons (Fsp3) is 0.0714. The van der Waals surface area contributed by atoms with Crippen molar-refractivity contribution in [3.63, 3.8) is 0 Å². The average Bonchev–Trinajstić information content (AvgIpc) is 2.90. The molecule has 0 aliphatic heterocycles. The van der Waals surface area contributed by atoms with Gasteiger partial charge in [0.2, 0.25) is 0 Å². The van der Waals surface area contributed by atoms with Gasteiger partial charge in [-0.25, -0.2) is 9.97 Å². The molecular weight excluding hydrogens is 254 g/mol. The van der Waals surface area contributed by atoms with E-state index in [0.29, 0.717) is 11.8 Å². The molecule has 6 nitrogen and oxygen atoms in total. The van der Waals surface area contributed by atoms with Gasteiger partial charge in [0.1, 0.15) is 11.6 Å². The summed E-state index contributed by atoms with van der Waals surface area (Å²) in [4.78, 5) is 8.27. The summed E-state index contributed by atoms with van der Waals surface area (Å²) in [6, 6.07) is 11.2. The van der Waals surface area contributed by atoms with Gasteiger partial charge in [-0.15, -0.1) is 0 Å². The minimum absolute atomic E-state index is 0.444.